The van der Waals surface area contributed by atoms with E-state index in [9.17, 15) is 23.1 Å². The molecule has 0 aromatic carbocycles. The molecule has 25 heavy (non-hydrogen) atoms. The number of aryl methyl sites for hydroxylation is 1. The summed E-state index contributed by atoms with van der Waals surface area (Å²) in [6, 6.07) is 3.29. The van der Waals surface area contributed by atoms with Crippen molar-refractivity contribution in [2.45, 2.75) is 19.3 Å². The first-order valence-corrected chi connectivity index (χ1v) is 7.41. The van der Waals surface area contributed by atoms with Crippen molar-refractivity contribution in [3.63, 3.8) is 0 Å². The van der Waals surface area contributed by atoms with Crippen LogP contribution in [-0.2, 0) is 6.18 Å². The summed E-state index contributed by atoms with van der Waals surface area (Å²) in [6.07, 6.45) is -3.52. The molecule has 1 aliphatic rings. The van der Waals surface area contributed by atoms with Gasteiger partial charge in [-0.2, -0.15) is 13.2 Å². The molecule has 0 bridgehead atoms. The number of carbonyl (C=O) groups excluding carboxylic acids is 1. The molecule has 6 nitrogen and oxygen atoms in total. The number of β-amino-alcohol motifs (C(OH)–C–C–N with tert-alkyl or cyclic N) is 1. The minimum absolute atomic E-state index is 0.00843. The molecule has 1 fully saturated rings. The highest BCUT2D eigenvalue weighted by atomic mass is 19.4. The first kappa shape index (κ1) is 17.2. The van der Waals surface area contributed by atoms with Gasteiger partial charge in [0.2, 0.25) is 0 Å². The number of likely N-dealkylation sites (N-methyl/N-ethyl adjacent to an activating group) is 1. The van der Waals surface area contributed by atoms with Crippen molar-refractivity contribution in [3.05, 3.63) is 41.9 Å². The van der Waals surface area contributed by atoms with Crippen LogP contribution >= 0.6 is 0 Å². The number of rotatable bonds is 2. The second kappa shape index (κ2) is 5.99. The van der Waals surface area contributed by atoms with Gasteiger partial charge in [0.1, 0.15) is 5.82 Å². The third kappa shape index (κ3) is 3.14. The van der Waals surface area contributed by atoms with Crippen LogP contribution in [0.25, 0.3) is 11.1 Å². The number of aromatic nitrogens is 2. The fourth-order valence-electron chi connectivity index (χ4n) is 2.63. The predicted octanol–water partition coefficient (Wildman–Crippen LogP) is 2.66. The van der Waals surface area contributed by atoms with Crippen molar-refractivity contribution < 1.29 is 23.1 Å². The molecule has 0 radical (unpaired) electrons. The van der Waals surface area contributed by atoms with E-state index in [1.807, 2.05) is 0 Å². The average molecular weight is 352 g/mol. The molecule has 0 spiro atoms. The lowest BCUT2D eigenvalue weighted by atomic mass is 10.0. The van der Waals surface area contributed by atoms with Gasteiger partial charge in [-0.3, -0.25) is 4.98 Å². The molecule has 2 aromatic heterocycles. The topological polar surface area (TPSA) is 69.6 Å². The zero-order valence-corrected chi connectivity index (χ0v) is 13.4. The van der Waals surface area contributed by atoms with Crippen LogP contribution in [0.1, 0.15) is 11.3 Å². The summed E-state index contributed by atoms with van der Waals surface area (Å²) < 4.78 is 40.6. The molecule has 132 valence electrons. The molecular weight excluding hydrogens is 337 g/mol. The summed E-state index contributed by atoms with van der Waals surface area (Å²) in [5.41, 5.74) is -0.144. The van der Waals surface area contributed by atoms with Crippen molar-refractivity contribution >= 4 is 11.8 Å². The van der Waals surface area contributed by atoms with Gasteiger partial charge in [0, 0.05) is 36.3 Å². The highest BCUT2D eigenvalue weighted by Gasteiger charge is 2.39. The van der Waals surface area contributed by atoms with E-state index >= 15 is 0 Å². The van der Waals surface area contributed by atoms with E-state index in [1.165, 1.54) is 24.2 Å². The number of hydrogen-bond acceptors (Lipinski definition) is 4. The Morgan fingerprint density at radius 3 is 2.48 bits per heavy atom. The first-order valence-electron chi connectivity index (χ1n) is 7.41. The Kier molecular flexibility index (Phi) is 4.11. The second-order valence-corrected chi connectivity index (χ2v) is 5.79. The maximum atomic E-state index is 13.5. The van der Waals surface area contributed by atoms with Gasteiger partial charge in [0.15, 0.2) is 6.23 Å². The van der Waals surface area contributed by atoms with Crippen molar-refractivity contribution in [2.75, 3.05) is 18.5 Å². The number of urea groups is 1. The van der Waals surface area contributed by atoms with Crippen LogP contribution in [0.2, 0.25) is 0 Å². The molecule has 0 saturated carbocycles. The van der Waals surface area contributed by atoms with Crippen molar-refractivity contribution in [1.82, 2.24) is 14.9 Å². The second-order valence-electron chi connectivity index (χ2n) is 5.79. The SMILES string of the molecule is Cc1ccc(-c2cnc(N3C(=O)N(C)CC3O)cc2C(F)(F)F)cn1. The Labute approximate surface area is 141 Å². The van der Waals surface area contributed by atoms with E-state index in [1.54, 1.807) is 13.0 Å². The minimum Gasteiger partial charge on any atom is -0.371 e. The maximum Gasteiger partial charge on any atom is 0.417 e. The standard InChI is InChI=1S/C16H15F3N4O2/c1-9-3-4-10(6-20-9)11-7-21-13(5-12(11)16(17,18)19)23-14(24)8-22(2)15(23)25/h3-7,14,24H,8H2,1-2H3. The molecule has 1 saturated heterocycles. The van der Waals surface area contributed by atoms with Crippen LogP contribution in [0.3, 0.4) is 0 Å². The quantitative estimate of drug-likeness (QED) is 0.902. The lowest BCUT2D eigenvalue weighted by molar-refractivity contribution is -0.137. The van der Waals surface area contributed by atoms with Crippen LogP contribution < -0.4 is 4.90 Å². The van der Waals surface area contributed by atoms with Crippen molar-refractivity contribution in [1.29, 1.82) is 0 Å². The summed E-state index contributed by atoms with van der Waals surface area (Å²) in [6.45, 7) is 1.72. The molecule has 0 aliphatic carbocycles. The monoisotopic (exact) mass is 352 g/mol. The van der Waals surface area contributed by atoms with Crippen LogP contribution in [0.5, 0.6) is 0 Å². The number of alkyl halides is 3. The summed E-state index contributed by atoms with van der Waals surface area (Å²) in [7, 11) is 1.45. The Balaban J connectivity index is 2.10. The number of hydrogen-bond donors (Lipinski definition) is 1. The fourth-order valence-corrected chi connectivity index (χ4v) is 2.63. The summed E-state index contributed by atoms with van der Waals surface area (Å²) in [5, 5.41) is 9.93. The van der Waals surface area contributed by atoms with Gasteiger partial charge in [0.05, 0.1) is 12.1 Å². The average Bonchev–Trinajstić information content (AvgIpc) is 2.79. The number of halogens is 3. The smallest absolute Gasteiger partial charge is 0.371 e. The van der Waals surface area contributed by atoms with Gasteiger partial charge >= 0.3 is 12.2 Å². The maximum absolute atomic E-state index is 13.5. The highest BCUT2D eigenvalue weighted by Crippen LogP contribution is 2.38. The number of carbonyl (C=O) groups is 1. The number of anilines is 1. The van der Waals surface area contributed by atoms with Gasteiger partial charge in [0.25, 0.3) is 0 Å². The molecule has 1 atom stereocenters. The zero-order valence-electron chi connectivity index (χ0n) is 13.4. The fraction of sp³-hybridized carbons (Fsp3) is 0.312. The Bertz CT molecular complexity index is 808. The van der Waals surface area contributed by atoms with Gasteiger partial charge in [-0.1, -0.05) is 6.07 Å². The summed E-state index contributed by atoms with van der Waals surface area (Å²) in [4.78, 5) is 22.0. The van der Waals surface area contributed by atoms with Crippen molar-refractivity contribution in [3.8, 4) is 11.1 Å². The van der Waals surface area contributed by atoms with Crippen LogP contribution in [0, 0.1) is 6.92 Å². The summed E-state index contributed by atoms with van der Waals surface area (Å²) in [5.74, 6) is -0.252. The van der Waals surface area contributed by atoms with E-state index < -0.39 is 24.0 Å². The molecule has 9 heteroatoms. The highest BCUT2D eigenvalue weighted by molar-refractivity contribution is 5.93. The van der Waals surface area contributed by atoms with E-state index in [2.05, 4.69) is 9.97 Å². The van der Waals surface area contributed by atoms with Crippen molar-refractivity contribution in [2.24, 2.45) is 0 Å². The van der Waals surface area contributed by atoms with E-state index in [0.717, 1.165) is 17.2 Å². The molecule has 1 unspecified atom stereocenters. The lowest BCUT2D eigenvalue weighted by Crippen LogP contribution is -2.35. The molecule has 1 aliphatic heterocycles. The molecule has 1 N–H and O–H groups in total. The Morgan fingerprint density at radius 1 is 1.24 bits per heavy atom. The minimum atomic E-state index is -4.66. The number of nitrogens with zero attached hydrogens (tertiary/aromatic N) is 4. The Hall–Kier alpha value is -2.68. The largest absolute Gasteiger partial charge is 0.417 e. The molecular formula is C16H15F3N4O2. The van der Waals surface area contributed by atoms with Gasteiger partial charge in [-0.15, -0.1) is 0 Å². The van der Waals surface area contributed by atoms with Crippen LogP contribution in [0.4, 0.5) is 23.8 Å². The normalized spacial score (nSPS) is 18.2. The number of amides is 2. The number of pyridine rings is 2. The first-order chi connectivity index (χ1) is 11.7. The Morgan fingerprint density at radius 2 is 1.96 bits per heavy atom. The molecule has 2 amide bonds. The van der Waals surface area contributed by atoms with Gasteiger partial charge in [-0.25, -0.2) is 14.7 Å². The van der Waals surface area contributed by atoms with Gasteiger partial charge < -0.3 is 10.0 Å². The molecule has 3 rings (SSSR count). The van der Waals surface area contributed by atoms with E-state index in [4.69, 9.17) is 0 Å². The number of aliphatic hydroxyl groups is 1. The predicted molar refractivity (Wildman–Crippen MR) is 83.7 cm³/mol. The third-order valence-electron chi connectivity index (χ3n) is 3.93. The van der Waals surface area contributed by atoms with E-state index in [0.29, 0.717) is 5.69 Å². The summed E-state index contributed by atoms with van der Waals surface area (Å²) >= 11 is 0. The lowest BCUT2D eigenvalue weighted by Gasteiger charge is -2.21. The van der Waals surface area contributed by atoms with E-state index in [-0.39, 0.29) is 23.5 Å². The molecule has 3 heterocycles. The molecule has 2 aromatic rings. The van der Waals surface area contributed by atoms with Crippen LogP contribution in [0.15, 0.2) is 30.6 Å². The number of aliphatic hydroxyl groups excluding tert-OH is 1. The third-order valence-corrected chi connectivity index (χ3v) is 3.93. The van der Waals surface area contributed by atoms with Crippen LogP contribution in [-0.4, -0.2) is 45.8 Å². The van der Waals surface area contributed by atoms with Gasteiger partial charge in [-0.05, 0) is 19.1 Å². The zero-order chi connectivity index (χ0) is 18.4.